The number of anilines is 3. The molecule has 47 heavy (non-hydrogen) atoms. The Labute approximate surface area is 271 Å². The molecule has 13 nitrogen and oxygen atoms in total. The van der Waals surface area contributed by atoms with Crippen LogP contribution in [0.1, 0.15) is 24.8 Å². The predicted molar refractivity (Wildman–Crippen MR) is 169 cm³/mol. The van der Waals surface area contributed by atoms with Crippen LogP contribution in [0.5, 0.6) is 5.75 Å². The average molecular weight is 642 g/mol. The number of carbonyl (C=O) groups is 2. The first-order valence-corrected chi connectivity index (χ1v) is 16.0. The van der Waals surface area contributed by atoms with Gasteiger partial charge in [-0.25, -0.2) is 14.4 Å². The van der Waals surface area contributed by atoms with Gasteiger partial charge in [0.05, 0.1) is 30.7 Å². The minimum absolute atomic E-state index is 0.0693. The quantitative estimate of drug-likeness (QED) is 0.374. The number of nitriles is 1. The Morgan fingerprint density at radius 1 is 1.09 bits per heavy atom. The van der Waals surface area contributed by atoms with E-state index in [0.29, 0.717) is 36.3 Å². The third-order valence-electron chi connectivity index (χ3n) is 9.22. The molecule has 7 rings (SSSR count). The third kappa shape index (κ3) is 6.68. The van der Waals surface area contributed by atoms with Gasteiger partial charge in [-0.1, -0.05) is 0 Å². The van der Waals surface area contributed by atoms with Crippen molar-refractivity contribution in [2.24, 2.45) is 5.92 Å². The Balaban J connectivity index is 1.01. The molecule has 244 valence electrons. The Morgan fingerprint density at radius 2 is 1.89 bits per heavy atom. The van der Waals surface area contributed by atoms with E-state index >= 15 is 4.39 Å². The van der Waals surface area contributed by atoms with Gasteiger partial charge in [0.2, 0.25) is 24.0 Å². The maximum atomic E-state index is 15.2. The van der Waals surface area contributed by atoms with Gasteiger partial charge in [0.15, 0.2) is 12.0 Å². The lowest BCUT2D eigenvalue weighted by molar-refractivity contribution is -0.152. The number of hydrogen-bond acceptors (Lipinski definition) is 11. The van der Waals surface area contributed by atoms with Crippen molar-refractivity contribution in [3.8, 4) is 23.2 Å². The number of alkyl halides is 1. The highest BCUT2D eigenvalue weighted by molar-refractivity contribution is 5.89. The summed E-state index contributed by atoms with van der Waals surface area (Å²) >= 11 is 0. The molecule has 4 fully saturated rings. The number of halogens is 1. The highest BCUT2D eigenvalue weighted by Crippen LogP contribution is 2.31. The zero-order valence-electron chi connectivity index (χ0n) is 25.8. The first-order chi connectivity index (χ1) is 22.9. The van der Waals surface area contributed by atoms with E-state index in [1.807, 2.05) is 12.1 Å². The molecular formula is C33H36FN9O4. The number of rotatable bonds is 8. The minimum Gasteiger partial charge on any atom is -0.466 e. The van der Waals surface area contributed by atoms with Gasteiger partial charge in [0.1, 0.15) is 18.1 Å². The predicted octanol–water partition coefficient (Wildman–Crippen LogP) is 2.48. The Bertz CT molecular complexity index is 1660. The van der Waals surface area contributed by atoms with Gasteiger partial charge in [-0.3, -0.25) is 14.5 Å². The number of nitrogens with zero attached hydrogens (tertiary/aromatic N) is 7. The molecule has 4 aliphatic rings. The van der Waals surface area contributed by atoms with Gasteiger partial charge >= 0.3 is 0 Å². The maximum Gasteiger partial charge on any atom is 0.230 e. The van der Waals surface area contributed by atoms with Crippen molar-refractivity contribution in [1.29, 1.82) is 5.26 Å². The minimum atomic E-state index is -1.44. The maximum absolute atomic E-state index is 15.2. The Hall–Kier alpha value is -4.87. The third-order valence-corrected chi connectivity index (χ3v) is 9.22. The van der Waals surface area contributed by atoms with Gasteiger partial charge in [-0.2, -0.15) is 10.2 Å². The van der Waals surface area contributed by atoms with Crippen molar-refractivity contribution in [3.63, 3.8) is 0 Å². The van der Waals surface area contributed by atoms with Crippen LogP contribution in [0.4, 0.5) is 21.7 Å². The average Bonchev–Trinajstić information content (AvgIpc) is 3.51. The van der Waals surface area contributed by atoms with Crippen molar-refractivity contribution >= 4 is 29.1 Å². The molecule has 0 radical (unpaired) electrons. The van der Waals surface area contributed by atoms with Crippen LogP contribution >= 0.6 is 0 Å². The van der Waals surface area contributed by atoms with Crippen LogP contribution in [0.25, 0.3) is 11.4 Å². The van der Waals surface area contributed by atoms with Crippen molar-refractivity contribution in [3.05, 3.63) is 54.4 Å². The van der Waals surface area contributed by atoms with E-state index in [2.05, 4.69) is 53.6 Å². The summed E-state index contributed by atoms with van der Waals surface area (Å²) in [5, 5.41) is 15.8. The van der Waals surface area contributed by atoms with E-state index in [1.54, 1.807) is 18.2 Å². The van der Waals surface area contributed by atoms with Crippen molar-refractivity contribution in [1.82, 2.24) is 30.1 Å². The van der Waals surface area contributed by atoms with Gasteiger partial charge in [0.25, 0.3) is 0 Å². The van der Waals surface area contributed by atoms with Crippen LogP contribution in [0.3, 0.4) is 0 Å². The molecular weight excluding hydrogens is 605 g/mol. The largest absolute Gasteiger partial charge is 0.466 e. The SMILES string of the molecule is N#Cc1cc(-c2ncnc(Nc3ccc(N4CCN(C5COC5)CC4)cc3)n2)ccc1OC1[C@H](F)CCCN1C(=O)[C@H]1CNC(=O)C1. The molecule has 2 N–H and O–H groups in total. The zero-order valence-corrected chi connectivity index (χ0v) is 25.8. The smallest absolute Gasteiger partial charge is 0.230 e. The van der Waals surface area contributed by atoms with Crippen molar-refractivity contribution < 1.29 is 23.5 Å². The standard InChI is InChI=1S/C33H36FN9O4/c34-27-2-1-9-43(31(45)23-15-29(44)36-17-23)32(27)47-28-8-3-21(14-22(28)16-35)30-37-20-38-33(40-30)39-24-4-6-25(7-5-24)41-10-12-42(13-11-41)26-18-46-19-26/h3-8,14,20,23,26-27,32H,1-2,9-13,15,17-19H2,(H,36,44)(H,37,38,39,40)/t23-,27-,32?/m1/s1. The number of ether oxygens (including phenoxy) is 2. The normalized spacial score (nSPS) is 23.5. The first-order valence-electron chi connectivity index (χ1n) is 16.0. The molecule has 0 saturated carbocycles. The number of likely N-dealkylation sites (tertiary alicyclic amines) is 1. The highest BCUT2D eigenvalue weighted by atomic mass is 19.1. The number of amides is 2. The molecule has 4 saturated heterocycles. The van der Waals surface area contributed by atoms with E-state index in [-0.39, 0.29) is 42.5 Å². The molecule has 0 aliphatic carbocycles. The molecule has 14 heteroatoms. The molecule has 3 aromatic rings. The summed E-state index contributed by atoms with van der Waals surface area (Å²) in [6.07, 6.45) is -0.458. The summed E-state index contributed by atoms with van der Waals surface area (Å²) in [5.41, 5.74) is 2.68. The summed E-state index contributed by atoms with van der Waals surface area (Å²) in [6.45, 7) is 6.21. The van der Waals surface area contributed by atoms with Crippen LogP contribution in [-0.4, -0.2) is 107 Å². The topological polar surface area (TPSA) is 149 Å². The fourth-order valence-corrected chi connectivity index (χ4v) is 6.46. The number of benzene rings is 2. The number of piperazine rings is 1. The molecule has 0 spiro atoms. The van der Waals surface area contributed by atoms with Gasteiger partial charge in [0, 0.05) is 62.6 Å². The summed E-state index contributed by atoms with van der Waals surface area (Å²) in [4.78, 5) is 44.2. The van der Waals surface area contributed by atoms with Crippen molar-refractivity contribution in [2.45, 2.75) is 37.7 Å². The van der Waals surface area contributed by atoms with E-state index in [9.17, 15) is 14.9 Å². The first kappa shape index (κ1) is 30.8. The van der Waals surface area contributed by atoms with Crippen LogP contribution in [0, 0.1) is 17.2 Å². The fourth-order valence-electron chi connectivity index (χ4n) is 6.46. The molecule has 1 unspecified atom stereocenters. The summed E-state index contributed by atoms with van der Waals surface area (Å²) < 4.78 is 26.5. The number of nitrogens with one attached hydrogen (secondary N) is 2. The Morgan fingerprint density at radius 3 is 2.60 bits per heavy atom. The molecule has 4 aliphatic heterocycles. The van der Waals surface area contributed by atoms with Crippen LogP contribution in [-0.2, 0) is 14.3 Å². The lowest BCUT2D eigenvalue weighted by Gasteiger charge is -2.43. The number of aromatic nitrogens is 3. The van der Waals surface area contributed by atoms with Crippen LogP contribution < -0.4 is 20.3 Å². The number of hydrogen-bond donors (Lipinski definition) is 2. The van der Waals surface area contributed by atoms with Gasteiger partial charge in [-0.05, 0) is 55.3 Å². The van der Waals surface area contributed by atoms with Crippen molar-refractivity contribution in [2.75, 3.05) is 62.7 Å². The molecule has 2 aromatic carbocycles. The number of piperidine rings is 1. The summed E-state index contributed by atoms with van der Waals surface area (Å²) in [6, 6.07) is 15.6. The monoisotopic (exact) mass is 641 g/mol. The van der Waals surface area contributed by atoms with Gasteiger partial charge < -0.3 is 29.9 Å². The Kier molecular flexibility index (Phi) is 8.82. The van der Waals surface area contributed by atoms with E-state index in [0.717, 1.165) is 50.8 Å². The van der Waals surface area contributed by atoms with E-state index < -0.39 is 18.3 Å². The number of carbonyl (C=O) groups excluding carboxylic acids is 2. The second kappa shape index (κ2) is 13.5. The van der Waals surface area contributed by atoms with E-state index in [4.69, 9.17) is 9.47 Å². The molecule has 5 heterocycles. The fraction of sp³-hybridized carbons (Fsp3) is 0.455. The molecule has 2 amide bonds. The molecule has 0 bridgehead atoms. The van der Waals surface area contributed by atoms with E-state index in [1.165, 1.54) is 11.2 Å². The molecule has 1 aromatic heterocycles. The summed E-state index contributed by atoms with van der Waals surface area (Å²) in [5.74, 6) is -0.261. The summed E-state index contributed by atoms with van der Waals surface area (Å²) in [7, 11) is 0. The molecule has 3 atom stereocenters. The van der Waals surface area contributed by atoms with Gasteiger partial charge in [-0.15, -0.1) is 0 Å². The lowest BCUT2D eigenvalue weighted by Crippen LogP contribution is -2.56. The van der Waals surface area contributed by atoms with Crippen LogP contribution in [0.2, 0.25) is 0 Å². The second-order valence-electron chi connectivity index (χ2n) is 12.2. The second-order valence-corrected chi connectivity index (χ2v) is 12.2. The van der Waals surface area contributed by atoms with Crippen LogP contribution in [0.15, 0.2) is 48.8 Å². The highest BCUT2D eigenvalue weighted by Gasteiger charge is 2.41. The zero-order chi connectivity index (χ0) is 32.3. The lowest BCUT2D eigenvalue weighted by atomic mass is 10.0.